The first-order chi connectivity index (χ1) is 48.0. The molecule has 0 spiro atoms. The highest BCUT2D eigenvalue weighted by Crippen LogP contribution is 2.65. The van der Waals surface area contributed by atoms with Gasteiger partial charge in [0.2, 0.25) is 0 Å². The van der Waals surface area contributed by atoms with E-state index in [2.05, 4.69) is 326 Å². The molecular formula is C90H74O4SSi2. The molecule has 0 bridgehead atoms. The van der Waals surface area contributed by atoms with Gasteiger partial charge in [0.25, 0.3) is 0 Å². The number of thioether (sulfide) groups is 1. The van der Waals surface area contributed by atoms with Crippen LogP contribution in [0.3, 0.4) is 0 Å². The zero-order valence-electron chi connectivity index (χ0n) is 54.0. The van der Waals surface area contributed by atoms with Crippen LogP contribution in [-0.4, -0.2) is 39.6 Å². The zero-order chi connectivity index (χ0) is 65.6. The molecule has 14 rings (SSSR count). The summed E-state index contributed by atoms with van der Waals surface area (Å²) >= 11 is 1.53. The summed E-state index contributed by atoms with van der Waals surface area (Å²) in [6, 6.07) is 126. The van der Waals surface area contributed by atoms with Gasteiger partial charge < -0.3 is 9.47 Å². The van der Waals surface area contributed by atoms with Gasteiger partial charge in [0, 0.05) is 44.8 Å². The number of esters is 2. The number of hydrogen-bond donors (Lipinski definition) is 0. The van der Waals surface area contributed by atoms with E-state index in [4.69, 9.17) is 9.47 Å². The maximum Gasteiger partial charge on any atom is 0.312 e. The molecule has 7 heteroatoms. The Morgan fingerprint density at radius 2 is 0.495 bits per heavy atom. The van der Waals surface area contributed by atoms with Crippen LogP contribution in [0, 0.1) is 22.9 Å². The highest BCUT2D eigenvalue weighted by molar-refractivity contribution is 7.99. The minimum Gasteiger partial charge on any atom is -0.427 e. The van der Waals surface area contributed by atoms with E-state index in [1.807, 2.05) is 48.5 Å². The Kier molecular flexibility index (Phi) is 19.8. The smallest absolute Gasteiger partial charge is 0.312 e. The fourth-order valence-corrected chi connectivity index (χ4v) is 29.0. The minimum absolute atomic E-state index is 0.0837. The van der Waals surface area contributed by atoms with Gasteiger partial charge in [-0.1, -0.05) is 315 Å². The van der Waals surface area contributed by atoms with Crippen molar-refractivity contribution in [1.82, 2.24) is 0 Å². The van der Waals surface area contributed by atoms with E-state index in [9.17, 15) is 9.59 Å². The number of ether oxygens (including phenoxy) is 2. The number of carbonyl (C=O) groups is 2. The van der Waals surface area contributed by atoms with Gasteiger partial charge >= 0.3 is 11.9 Å². The third-order valence-electron chi connectivity index (χ3n) is 19.9. The molecule has 12 aromatic carbocycles. The van der Waals surface area contributed by atoms with Crippen LogP contribution in [0.25, 0.3) is 0 Å². The average molecular weight is 1310 g/mol. The Balaban J connectivity index is 0.660. The molecule has 2 aliphatic heterocycles. The van der Waals surface area contributed by atoms with Gasteiger partial charge in [-0.2, -0.15) is 11.8 Å². The van der Waals surface area contributed by atoms with E-state index >= 15 is 0 Å². The molecule has 0 saturated carbocycles. The summed E-state index contributed by atoms with van der Waals surface area (Å²) in [5.41, 5.74) is 21.0. The first-order valence-corrected chi connectivity index (χ1v) is 39.2. The zero-order valence-corrected chi connectivity index (χ0v) is 56.8. The number of hydrogen-bond acceptors (Lipinski definition) is 5. The van der Waals surface area contributed by atoms with Crippen LogP contribution in [-0.2, 0) is 9.59 Å². The molecule has 8 atom stereocenters. The minimum atomic E-state index is -3.05. The van der Waals surface area contributed by atoms with Crippen LogP contribution in [0.1, 0.15) is 114 Å². The van der Waals surface area contributed by atoms with E-state index in [0.29, 0.717) is 23.0 Å². The molecule has 2 fully saturated rings. The summed E-state index contributed by atoms with van der Waals surface area (Å²) in [6.07, 6.45) is 0.378. The molecule has 4 nitrogen and oxygen atoms in total. The summed E-state index contributed by atoms with van der Waals surface area (Å²) in [5.74, 6) is 9.32. The summed E-state index contributed by atoms with van der Waals surface area (Å²) in [4.78, 5) is 26.7. The molecule has 472 valence electrons. The molecule has 0 N–H and O–H groups in total. The third-order valence-corrected chi connectivity index (χ3v) is 31.3. The van der Waals surface area contributed by atoms with E-state index in [1.165, 1.54) is 66.6 Å². The van der Waals surface area contributed by atoms with E-state index in [-0.39, 0.29) is 70.6 Å². The lowest BCUT2D eigenvalue weighted by Crippen LogP contribution is -2.55. The van der Waals surface area contributed by atoms with Crippen molar-refractivity contribution in [1.29, 1.82) is 0 Å². The SMILES string of the molecule is O=C(CCSCCC(=O)Oc1ccc(C#C[Si]2(c3ccccc3)C(c3ccccc3)C(c3ccccc3)C(c3ccccc3)C2c2ccccc2)cc1)Oc1ccc(C#C[Si]2(c3ccccc3)C(c3ccccc3)C(c3ccccc3)C(c3ccccc3)C2c2ccccc2)cc1. The predicted molar refractivity (Wildman–Crippen MR) is 402 cm³/mol. The summed E-state index contributed by atoms with van der Waals surface area (Å²) < 4.78 is 11.8. The normalized spacial score (nSPS) is 21.6. The molecule has 12 aromatic rings. The molecule has 0 aliphatic carbocycles. The molecule has 2 heterocycles. The van der Waals surface area contributed by atoms with Crippen molar-refractivity contribution in [2.45, 2.75) is 58.7 Å². The van der Waals surface area contributed by atoms with Crippen molar-refractivity contribution in [2.75, 3.05) is 11.5 Å². The summed E-state index contributed by atoms with van der Waals surface area (Å²) in [5, 5.41) is 2.61. The van der Waals surface area contributed by atoms with Crippen LogP contribution >= 0.6 is 11.8 Å². The first-order valence-electron chi connectivity index (χ1n) is 33.7. The molecule has 2 saturated heterocycles. The van der Waals surface area contributed by atoms with Gasteiger partial charge in [-0.25, -0.2) is 0 Å². The maximum atomic E-state index is 13.4. The predicted octanol–water partition coefficient (Wildman–Crippen LogP) is 18.7. The fourth-order valence-electron chi connectivity index (χ4n) is 16.1. The third kappa shape index (κ3) is 13.6. The van der Waals surface area contributed by atoms with E-state index in [0.717, 1.165) is 11.1 Å². The van der Waals surface area contributed by atoms with Gasteiger partial charge in [-0.3, -0.25) is 9.59 Å². The lowest BCUT2D eigenvalue weighted by atomic mass is 9.75. The van der Waals surface area contributed by atoms with Gasteiger partial charge in [0.1, 0.15) is 11.5 Å². The Hall–Kier alpha value is -10.5. The van der Waals surface area contributed by atoms with Crippen LogP contribution in [0.2, 0.25) is 0 Å². The summed E-state index contributed by atoms with van der Waals surface area (Å²) in [7, 11) is -6.11. The average Bonchev–Trinajstić information content (AvgIpc) is 1.55. The second-order valence-corrected chi connectivity index (χ2v) is 34.2. The number of benzene rings is 12. The molecule has 0 aromatic heterocycles. The van der Waals surface area contributed by atoms with Gasteiger partial charge in [0.05, 0.1) is 12.8 Å². The van der Waals surface area contributed by atoms with Crippen molar-refractivity contribution in [2.24, 2.45) is 0 Å². The van der Waals surface area contributed by atoms with Crippen molar-refractivity contribution in [3.63, 3.8) is 0 Å². The lowest BCUT2D eigenvalue weighted by molar-refractivity contribution is -0.134. The molecule has 8 unspecified atom stereocenters. The molecule has 2 aliphatic rings. The second-order valence-electron chi connectivity index (χ2n) is 25.4. The lowest BCUT2D eigenvalue weighted by Gasteiger charge is -2.36. The van der Waals surface area contributed by atoms with Crippen LogP contribution in [0.5, 0.6) is 11.5 Å². The fraction of sp³-hybridized carbons (Fsp3) is 0.133. The molecule has 0 amide bonds. The van der Waals surface area contributed by atoms with Crippen molar-refractivity contribution in [3.8, 4) is 34.4 Å². The van der Waals surface area contributed by atoms with Crippen LogP contribution < -0.4 is 19.8 Å². The number of carbonyl (C=O) groups excluding carboxylic acids is 2. The molecular weight excluding hydrogens is 1230 g/mol. The Morgan fingerprint density at radius 3 is 0.732 bits per heavy atom. The molecule has 0 radical (unpaired) electrons. The summed E-state index contributed by atoms with van der Waals surface area (Å²) in [6.45, 7) is 0. The van der Waals surface area contributed by atoms with Gasteiger partial charge in [-0.05, 0) is 127 Å². The quantitative estimate of drug-likeness (QED) is 0.0282. The van der Waals surface area contributed by atoms with Gasteiger partial charge in [0.15, 0.2) is 16.1 Å². The van der Waals surface area contributed by atoms with Crippen molar-refractivity contribution < 1.29 is 19.1 Å². The van der Waals surface area contributed by atoms with Crippen molar-refractivity contribution >= 4 is 50.2 Å². The Bertz CT molecular complexity index is 4190. The molecule has 97 heavy (non-hydrogen) atoms. The Labute approximate surface area is 577 Å². The van der Waals surface area contributed by atoms with Gasteiger partial charge in [-0.15, -0.1) is 11.1 Å². The van der Waals surface area contributed by atoms with E-state index < -0.39 is 16.1 Å². The first kappa shape index (κ1) is 63.9. The second kappa shape index (κ2) is 30.1. The largest absolute Gasteiger partial charge is 0.427 e. The van der Waals surface area contributed by atoms with Crippen molar-refractivity contribution in [3.05, 3.63) is 407 Å². The van der Waals surface area contributed by atoms with Crippen LogP contribution in [0.15, 0.2) is 352 Å². The standard InChI is InChI=1S/C90H74O4SSi2/c91-81(93-77-55-51-67(52-56-77)61-65-96(79-47-27-9-28-48-79)87(73-39-19-5-20-40-73)83(69-31-11-1-12-32-69)84(70-33-13-2-14-34-70)88(96)74-41-21-6-22-42-74)59-63-95-64-60-82(92)94-78-57-53-68(54-58-78)62-66-97(80-49-29-10-30-50-80)89(75-43-23-7-24-44-75)85(71-35-15-3-16-36-71)86(72-37-17-4-18-38-72)90(97)76-45-25-8-26-46-76/h1-58,83-90H,59-60,63-64H2. The topological polar surface area (TPSA) is 52.6 Å². The monoisotopic (exact) mass is 1310 g/mol. The maximum absolute atomic E-state index is 13.4. The number of rotatable bonds is 18. The Morgan fingerprint density at radius 1 is 0.278 bits per heavy atom. The highest BCUT2D eigenvalue weighted by Gasteiger charge is 2.65. The highest BCUT2D eigenvalue weighted by atomic mass is 32.2. The van der Waals surface area contributed by atoms with E-state index in [1.54, 1.807) is 0 Å². The van der Waals surface area contributed by atoms with Crippen LogP contribution in [0.4, 0.5) is 0 Å².